The van der Waals surface area contributed by atoms with Crippen LogP contribution in [0.5, 0.6) is 0 Å². The Kier molecular flexibility index (Phi) is 2.88. The minimum absolute atomic E-state index is 0.0111. The molecule has 0 unspecified atom stereocenters. The van der Waals surface area contributed by atoms with Gasteiger partial charge in [0.15, 0.2) is 0 Å². The Morgan fingerprint density at radius 1 is 1.30 bits per heavy atom. The van der Waals surface area contributed by atoms with Gasteiger partial charge in [-0.2, -0.15) is 0 Å². The highest BCUT2D eigenvalue weighted by molar-refractivity contribution is 5.76. The van der Waals surface area contributed by atoms with Gasteiger partial charge in [0.2, 0.25) is 5.71 Å². The number of H-pyrrole nitrogens is 1. The monoisotopic (exact) mass is 276 g/mol. The second-order valence-corrected chi connectivity index (χ2v) is 5.24. The number of rotatable bonds is 2. The lowest BCUT2D eigenvalue weighted by molar-refractivity contribution is 0.297. The highest BCUT2D eigenvalue weighted by Crippen LogP contribution is 2.29. The normalized spacial score (nSPS) is 15.5. The van der Waals surface area contributed by atoms with Gasteiger partial charge in [0, 0.05) is 11.6 Å². The van der Waals surface area contributed by atoms with Crippen LogP contribution in [0.4, 0.5) is 0 Å². The number of hydrogen-bond acceptors (Lipinski definition) is 4. The molecule has 1 fully saturated rings. The van der Waals surface area contributed by atoms with Crippen molar-refractivity contribution >= 4 is 11.1 Å². The van der Waals surface area contributed by atoms with Crippen molar-refractivity contribution in [1.29, 1.82) is 0 Å². The number of nitrogens with one attached hydrogen (secondary N) is 1. The Labute approximate surface area is 114 Å². The quantitative estimate of drug-likeness (QED) is 0.894. The summed E-state index contributed by atoms with van der Waals surface area (Å²) >= 11 is 0. The molecule has 1 N–H and O–H groups in total. The maximum Gasteiger partial charge on any atom is 0.340 e. The zero-order chi connectivity index (χ0) is 14.4. The summed E-state index contributed by atoms with van der Waals surface area (Å²) in [5.74, 6) is 0. The third kappa shape index (κ3) is 1.67. The van der Waals surface area contributed by atoms with Crippen LogP contribution in [0, 0.1) is 6.92 Å². The van der Waals surface area contributed by atoms with E-state index >= 15 is 0 Å². The van der Waals surface area contributed by atoms with Crippen molar-refractivity contribution in [2.75, 3.05) is 0 Å². The minimum atomic E-state index is -0.509. The Morgan fingerprint density at radius 3 is 2.55 bits per heavy atom. The predicted molar refractivity (Wildman–Crippen MR) is 74.4 cm³/mol. The van der Waals surface area contributed by atoms with Crippen molar-refractivity contribution in [1.82, 2.24) is 9.55 Å². The zero-order valence-electron chi connectivity index (χ0n) is 11.5. The van der Waals surface area contributed by atoms with E-state index in [1.165, 1.54) is 4.57 Å². The molecule has 0 amide bonds. The second kappa shape index (κ2) is 4.47. The van der Waals surface area contributed by atoms with Crippen LogP contribution in [0.2, 0.25) is 0 Å². The molecular weight excluding hydrogens is 260 g/mol. The fourth-order valence-corrected chi connectivity index (χ4v) is 2.77. The molecule has 0 bridgehead atoms. The first kappa shape index (κ1) is 12.9. The average Bonchev–Trinajstić information content (AvgIpc) is 2.34. The summed E-state index contributed by atoms with van der Waals surface area (Å²) in [5, 5.41) is 0.330. The molecule has 1 saturated carbocycles. The van der Waals surface area contributed by atoms with Gasteiger partial charge in [-0.05, 0) is 38.2 Å². The smallest absolute Gasteiger partial charge is 0.340 e. The summed E-state index contributed by atoms with van der Waals surface area (Å²) in [6.45, 7) is 3.52. The van der Waals surface area contributed by atoms with Gasteiger partial charge in [-0.1, -0.05) is 6.92 Å². The number of aromatic amines is 1. The first-order valence-electron chi connectivity index (χ1n) is 6.85. The van der Waals surface area contributed by atoms with Crippen LogP contribution in [0.3, 0.4) is 0 Å². The molecule has 3 rings (SSSR count). The van der Waals surface area contributed by atoms with Crippen LogP contribution in [-0.2, 0) is 6.42 Å². The Balaban J connectivity index is 2.47. The topological polar surface area (TPSA) is 85.1 Å². The van der Waals surface area contributed by atoms with Gasteiger partial charge in [0.05, 0.1) is 0 Å². The van der Waals surface area contributed by atoms with Crippen LogP contribution in [-0.4, -0.2) is 9.55 Å². The van der Waals surface area contributed by atoms with E-state index in [0.717, 1.165) is 19.3 Å². The van der Waals surface area contributed by atoms with Crippen LogP contribution in [0.25, 0.3) is 11.1 Å². The highest BCUT2D eigenvalue weighted by atomic mass is 16.4. The molecule has 6 heteroatoms. The number of aryl methyl sites for hydroxylation is 1. The van der Waals surface area contributed by atoms with Crippen molar-refractivity contribution in [2.45, 2.75) is 45.6 Å². The second-order valence-electron chi connectivity index (χ2n) is 5.24. The molecule has 0 spiro atoms. The molecular formula is C14H16N2O4. The molecule has 0 saturated heterocycles. The van der Waals surface area contributed by atoms with Crippen LogP contribution in [0.1, 0.15) is 43.4 Å². The molecule has 0 aromatic carbocycles. The van der Waals surface area contributed by atoms with Crippen molar-refractivity contribution in [3.8, 4) is 0 Å². The van der Waals surface area contributed by atoms with Crippen LogP contribution in [0.15, 0.2) is 18.8 Å². The fraction of sp³-hybridized carbons (Fsp3) is 0.500. The predicted octanol–water partition coefficient (Wildman–Crippen LogP) is 1.24. The summed E-state index contributed by atoms with van der Waals surface area (Å²) in [6.07, 6.45) is 3.25. The third-order valence-electron chi connectivity index (χ3n) is 4.15. The first-order valence-corrected chi connectivity index (χ1v) is 6.85. The van der Waals surface area contributed by atoms with Gasteiger partial charge in [-0.25, -0.2) is 9.59 Å². The van der Waals surface area contributed by atoms with Crippen molar-refractivity contribution < 1.29 is 4.42 Å². The molecule has 0 atom stereocenters. The summed E-state index contributed by atoms with van der Waals surface area (Å²) in [5.41, 5.74) is -0.276. The van der Waals surface area contributed by atoms with E-state index in [9.17, 15) is 14.4 Å². The molecule has 20 heavy (non-hydrogen) atoms. The molecule has 0 aliphatic heterocycles. The first-order chi connectivity index (χ1) is 9.54. The maximum atomic E-state index is 12.6. The fourth-order valence-electron chi connectivity index (χ4n) is 2.77. The van der Waals surface area contributed by atoms with Gasteiger partial charge in [-0.3, -0.25) is 14.3 Å². The Morgan fingerprint density at radius 2 is 2.00 bits per heavy atom. The summed E-state index contributed by atoms with van der Waals surface area (Å²) in [4.78, 5) is 38.9. The number of fused-ring (bicyclic) bond motifs is 1. The Bertz CT molecular complexity index is 852. The van der Waals surface area contributed by atoms with Gasteiger partial charge in [0.1, 0.15) is 5.39 Å². The number of aromatic nitrogens is 2. The SMILES string of the molecule is CCc1c(C)c(=O)oc2[nH]c(=O)n(C3CCC3)c(=O)c12. The maximum absolute atomic E-state index is 12.6. The largest absolute Gasteiger partial charge is 0.405 e. The average molecular weight is 276 g/mol. The molecule has 2 aromatic heterocycles. The zero-order valence-corrected chi connectivity index (χ0v) is 11.5. The molecule has 2 aromatic rings. The lowest BCUT2D eigenvalue weighted by Crippen LogP contribution is -2.41. The molecule has 1 aliphatic rings. The van der Waals surface area contributed by atoms with Gasteiger partial charge >= 0.3 is 11.3 Å². The van der Waals surface area contributed by atoms with Gasteiger partial charge in [-0.15, -0.1) is 0 Å². The minimum Gasteiger partial charge on any atom is -0.405 e. The van der Waals surface area contributed by atoms with E-state index in [2.05, 4.69) is 4.98 Å². The van der Waals surface area contributed by atoms with Crippen LogP contribution < -0.4 is 16.9 Å². The van der Waals surface area contributed by atoms with Crippen molar-refractivity contribution in [3.05, 3.63) is 42.4 Å². The summed E-state index contributed by atoms with van der Waals surface area (Å²) in [7, 11) is 0. The lowest BCUT2D eigenvalue weighted by Gasteiger charge is -2.26. The van der Waals surface area contributed by atoms with E-state index in [0.29, 0.717) is 22.9 Å². The molecule has 6 nitrogen and oxygen atoms in total. The lowest BCUT2D eigenvalue weighted by atomic mass is 9.93. The Hall–Kier alpha value is -2.11. The third-order valence-corrected chi connectivity index (χ3v) is 4.15. The number of hydrogen-bond donors (Lipinski definition) is 1. The van der Waals surface area contributed by atoms with Gasteiger partial charge in [0.25, 0.3) is 5.56 Å². The van der Waals surface area contributed by atoms with E-state index in [4.69, 9.17) is 4.42 Å². The van der Waals surface area contributed by atoms with E-state index in [-0.39, 0.29) is 17.3 Å². The van der Waals surface area contributed by atoms with Crippen molar-refractivity contribution in [3.63, 3.8) is 0 Å². The van der Waals surface area contributed by atoms with E-state index < -0.39 is 11.3 Å². The van der Waals surface area contributed by atoms with E-state index in [1.807, 2.05) is 6.92 Å². The van der Waals surface area contributed by atoms with Crippen molar-refractivity contribution in [2.24, 2.45) is 0 Å². The highest BCUT2D eigenvalue weighted by Gasteiger charge is 2.25. The molecule has 0 radical (unpaired) electrons. The molecule has 106 valence electrons. The molecule has 1 aliphatic carbocycles. The van der Waals surface area contributed by atoms with Gasteiger partial charge < -0.3 is 4.42 Å². The molecule has 2 heterocycles. The van der Waals surface area contributed by atoms with Crippen LogP contribution >= 0.6 is 0 Å². The standard InChI is InChI=1S/C14H16N2O4/c1-3-9-7(2)13(18)20-11-10(9)12(17)16(14(19)15-11)8-5-4-6-8/h8H,3-6H2,1-2H3,(H,15,19). The van der Waals surface area contributed by atoms with E-state index in [1.54, 1.807) is 6.92 Å². The summed E-state index contributed by atoms with van der Waals surface area (Å²) in [6, 6.07) is -0.0346. The number of nitrogens with zero attached hydrogens (tertiary/aromatic N) is 1. The summed E-state index contributed by atoms with van der Waals surface area (Å²) < 4.78 is 6.33.